The first-order valence-corrected chi connectivity index (χ1v) is 4.83. The summed E-state index contributed by atoms with van der Waals surface area (Å²) in [6.45, 7) is -2.80. The van der Waals surface area contributed by atoms with Gasteiger partial charge in [-0.15, -0.1) is 0 Å². The molecule has 2 aromatic rings. The Labute approximate surface area is 117 Å². The van der Waals surface area contributed by atoms with E-state index in [4.69, 9.17) is 23.9 Å². The third-order valence-electron chi connectivity index (χ3n) is 1.90. The number of methoxy groups -OCH3 is 1. The van der Waals surface area contributed by atoms with Gasteiger partial charge < -0.3 is 4.74 Å². The number of hydrogen-bond donors (Lipinski definition) is 0. The fourth-order valence-corrected chi connectivity index (χ4v) is 1.29. The minimum Gasteiger partial charge on any atom is -0.380 e. The molecule has 0 unspecified atom stereocenters. The summed E-state index contributed by atoms with van der Waals surface area (Å²) in [5.41, 5.74) is -1.58. The van der Waals surface area contributed by atoms with E-state index in [2.05, 4.69) is 4.74 Å². The lowest BCUT2D eigenvalue weighted by Gasteiger charge is -2.07. The van der Waals surface area contributed by atoms with E-state index >= 15 is 0 Å². The average molecular weight is 259 g/mol. The molecule has 1 aromatic carbocycles. The fraction of sp³-hybridized carbons (Fsp3) is 0.154. The summed E-state index contributed by atoms with van der Waals surface area (Å²) < 4.78 is 73.0. The van der Waals surface area contributed by atoms with E-state index in [-0.39, 0.29) is 5.56 Å². The molecule has 17 heavy (non-hydrogen) atoms. The molecule has 2 rings (SSSR count). The lowest BCUT2D eigenvalue weighted by atomic mass is 10.2. The van der Waals surface area contributed by atoms with Crippen LogP contribution in [-0.2, 0) is 11.3 Å². The Balaban J connectivity index is 2.73. The monoisotopic (exact) mass is 258 g/mol. The highest BCUT2D eigenvalue weighted by Crippen LogP contribution is 2.12. The molecule has 0 bridgehead atoms. The Kier molecular flexibility index (Phi) is 1.51. The van der Waals surface area contributed by atoms with E-state index in [9.17, 15) is 4.79 Å². The van der Waals surface area contributed by atoms with Crippen LogP contribution in [-0.4, -0.2) is 11.6 Å². The average Bonchev–Trinajstić information content (AvgIpc) is 2.50. The van der Waals surface area contributed by atoms with E-state index in [0.717, 1.165) is 18.3 Å². The summed E-state index contributed by atoms with van der Waals surface area (Å²) in [6, 6.07) is -0.434. The number of hydrogen-bond acceptors (Lipinski definition) is 2. The van der Waals surface area contributed by atoms with Crippen LogP contribution >= 0.6 is 11.6 Å². The maximum atomic E-state index is 12.2. The third kappa shape index (κ3) is 2.75. The molecular formula is C13H12ClNO2. The normalized spacial score (nSPS) is 19.7. The zero-order valence-corrected chi connectivity index (χ0v) is 9.13. The van der Waals surface area contributed by atoms with Gasteiger partial charge in [-0.3, -0.25) is 9.36 Å². The van der Waals surface area contributed by atoms with Gasteiger partial charge in [0.05, 0.1) is 18.9 Å². The van der Waals surface area contributed by atoms with E-state index in [1.807, 2.05) is 0 Å². The molecule has 0 fully saturated rings. The first-order valence-electron chi connectivity index (χ1n) is 8.96. The number of ether oxygens (including phenoxy) is 1. The minimum atomic E-state index is -3.05. The highest BCUT2D eigenvalue weighted by atomic mass is 35.5. The van der Waals surface area contributed by atoms with Gasteiger partial charge in [0.2, 0.25) is 0 Å². The maximum Gasteiger partial charge on any atom is 0.255 e. The van der Waals surface area contributed by atoms with Crippen molar-refractivity contribution in [2.75, 3.05) is 7.04 Å². The predicted octanol–water partition coefficient (Wildman–Crippen LogP) is 2.64. The van der Waals surface area contributed by atoms with Gasteiger partial charge in [-0.25, -0.2) is 0 Å². The van der Waals surface area contributed by atoms with Crippen LogP contribution in [0.4, 0.5) is 0 Å². The van der Waals surface area contributed by atoms with E-state index < -0.39 is 54.0 Å². The lowest BCUT2D eigenvalue weighted by molar-refractivity contribution is 0.184. The molecule has 0 spiro atoms. The number of nitrogens with zero attached hydrogens (tertiary/aromatic N) is 1. The van der Waals surface area contributed by atoms with Crippen LogP contribution in [0.2, 0.25) is 5.02 Å². The topological polar surface area (TPSA) is 31.2 Å². The Hall–Kier alpha value is -1.58. The SMILES string of the molecule is [2H]c1c([2H])c(-n2cc(C([2H])([2H])OC([2H])([2H])[2H])ccc2=O)c([2H])c([2H])c1Cl. The molecule has 0 saturated carbocycles. The fourth-order valence-electron chi connectivity index (χ4n) is 1.19. The molecular weight excluding hydrogens is 238 g/mol. The summed E-state index contributed by atoms with van der Waals surface area (Å²) >= 11 is 5.72. The third-order valence-corrected chi connectivity index (χ3v) is 2.09. The predicted molar refractivity (Wildman–Crippen MR) is 67.8 cm³/mol. The first-order chi connectivity index (χ1) is 11.8. The highest BCUT2D eigenvalue weighted by molar-refractivity contribution is 6.30. The van der Waals surface area contributed by atoms with E-state index in [1.165, 1.54) is 0 Å². The number of halogens is 1. The molecule has 0 atom stereocenters. The number of pyridine rings is 1. The number of aromatic nitrogens is 1. The Morgan fingerprint density at radius 3 is 2.94 bits per heavy atom. The molecule has 88 valence electrons. The van der Waals surface area contributed by atoms with Crippen LogP contribution in [0.1, 0.15) is 17.9 Å². The van der Waals surface area contributed by atoms with Crippen molar-refractivity contribution in [2.24, 2.45) is 0 Å². The van der Waals surface area contributed by atoms with Crippen LogP contribution < -0.4 is 5.56 Å². The lowest BCUT2D eigenvalue weighted by Crippen LogP contribution is -2.17. The summed E-state index contributed by atoms with van der Waals surface area (Å²) in [5.74, 6) is 0. The summed E-state index contributed by atoms with van der Waals surface area (Å²) in [7, 11) is -3.05. The Morgan fingerprint density at radius 2 is 2.24 bits per heavy atom. The first kappa shape index (κ1) is 4.96. The van der Waals surface area contributed by atoms with Gasteiger partial charge in [-0.2, -0.15) is 0 Å². The molecule has 0 aliphatic rings. The van der Waals surface area contributed by atoms with Gasteiger partial charge in [0.25, 0.3) is 5.56 Å². The van der Waals surface area contributed by atoms with Crippen molar-refractivity contribution in [3.63, 3.8) is 0 Å². The molecule has 0 radical (unpaired) electrons. The van der Waals surface area contributed by atoms with Crippen molar-refractivity contribution in [1.29, 1.82) is 0 Å². The summed E-state index contributed by atoms with van der Waals surface area (Å²) in [4.78, 5) is 12.2. The molecule has 1 aromatic heterocycles. The largest absolute Gasteiger partial charge is 0.380 e. The standard InChI is InChI=1S/C13H12ClNO2/c1-17-9-10-2-7-13(16)15(8-10)12-5-3-11(14)4-6-12/h2-8H,9H2,1H3/i1D3,3D,4D,5D,6D,9D2. The Morgan fingerprint density at radius 1 is 1.47 bits per heavy atom. The van der Waals surface area contributed by atoms with E-state index in [1.54, 1.807) is 0 Å². The summed E-state index contributed by atoms with van der Waals surface area (Å²) in [6.07, 6.45) is 0.867. The van der Waals surface area contributed by atoms with Crippen molar-refractivity contribution in [3.05, 3.63) is 63.4 Å². The van der Waals surface area contributed by atoms with Crippen molar-refractivity contribution >= 4 is 11.6 Å². The van der Waals surface area contributed by atoms with Gasteiger partial charge in [0, 0.05) is 30.0 Å². The number of rotatable bonds is 3. The second kappa shape index (κ2) is 5.17. The van der Waals surface area contributed by atoms with Crippen LogP contribution in [0.5, 0.6) is 0 Å². The van der Waals surface area contributed by atoms with Crippen molar-refractivity contribution in [3.8, 4) is 5.69 Å². The molecule has 0 amide bonds. The molecule has 0 aliphatic heterocycles. The second-order valence-electron chi connectivity index (χ2n) is 2.99. The molecule has 1 heterocycles. The zero-order valence-electron chi connectivity index (χ0n) is 17.4. The van der Waals surface area contributed by atoms with Gasteiger partial charge >= 0.3 is 0 Å². The quantitative estimate of drug-likeness (QED) is 0.848. The summed E-state index contributed by atoms with van der Waals surface area (Å²) in [5, 5.41) is -0.422. The Bertz CT molecular complexity index is 894. The van der Waals surface area contributed by atoms with Gasteiger partial charge in [-0.1, -0.05) is 11.6 Å². The molecule has 0 N–H and O–H groups in total. The van der Waals surface area contributed by atoms with Gasteiger partial charge in [0.15, 0.2) is 0 Å². The van der Waals surface area contributed by atoms with Crippen molar-refractivity contribution < 1.29 is 17.1 Å². The molecule has 0 saturated heterocycles. The zero-order chi connectivity index (χ0) is 20.0. The van der Waals surface area contributed by atoms with Crippen molar-refractivity contribution in [1.82, 2.24) is 4.57 Å². The van der Waals surface area contributed by atoms with Gasteiger partial charge in [0.1, 0.15) is 0 Å². The van der Waals surface area contributed by atoms with Crippen LogP contribution in [0.3, 0.4) is 0 Å². The van der Waals surface area contributed by atoms with Crippen molar-refractivity contribution in [2.45, 2.75) is 6.56 Å². The molecule has 3 nitrogen and oxygen atoms in total. The number of benzene rings is 1. The smallest absolute Gasteiger partial charge is 0.255 e. The van der Waals surface area contributed by atoms with Crippen LogP contribution in [0.15, 0.2) is 47.3 Å². The van der Waals surface area contributed by atoms with Gasteiger partial charge in [-0.05, 0) is 35.8 Å². The van der Waals surface area contributed by atoms with E-state index in [0.29, 0.717) is 4.57 Å². The molecule has 0 aliphatic carbocycles. The molecule has 4 heteroatoms. The van der Waals surface area contributed by atoms with Crippen LogP contribution in [0.25, 0.3) is 5.69 Å². The van der Waals surface area contributed by atoms with Crippen LogP contribution in [0, 0.1) is 0 Å². The minimum absolute atomic E-state index is 0.361. The highest BCUT2D eigenvalue weighted by Gasteiger charge is 2.01. The second-order valence-corrected chi connectivity index (χ2v) is 3.37. The maximum absolute atomic E-state index is 12.2.